The minimum Gasteiger partial charge on any atom is -0.482 e. The topological polar surface area (TPSA) is 93.4 Å². The highest BCUT2D eigenvalue weighted by atomic mass is 16.5. The number of pyridine rings is 2. The van der Waals surface area contributed by atoms with Gasteiger partial charge in [0.1, 0.15) is 6.10 Å². The number of nitrogens with two attached hydrogens (primary N) is 1. The average molecular weight is 454 g/mol. The van der Waals surface area contributed by atoms with Crippen LogP contribution in [-0.2, 0) is 0 Å². The molecular weight excluding hydrogens is 426 g/mol. The third-order valence-corrected chi connectivity index (χ3v) is 5.42. The lowest BCUT2D eigenvalue weighted by Crippen LogP contribution is -2.14. The molecule has 2 aromatic heterocycles. The monoisotopic (exact) mass is 453 g/mol. The van der Waals surface area contributed by atoms with Crippen LogP contribution in [0.25, 0.3) is 11.1 Å². The predicted octanol–water partition coefficient (Wildman–Crippen LogP) is 5.18. The summed E-state index contributed by atoms with van der Waals surface area (Å²) in [6.45, 7) is 1.93. The molecule has 7 nitrogen and oxygen atoms in total. The lowest BCUT2D eigenvalue weighted by molar-refractivity contribution is 0.102. The molecule has 0 aliphatic rings. The highest BCUT2D eigenvalue weighted by Crippen LogP contribution is 2.31. The third kappa shape index (κ3) is 5.32. The van der Waals surface area contributed by atoms with Crippen molar-refractivity contribution in [2.75, 3.05) is 30.0 Å². The van der Waals surface area contributed by atoms with E-state index in [-0.39, 0.29) is 12.0 Å². The number of ether oxygens (including phenoxy) is 1. The minimum absolute atomic E-state index is 0.174. The number of rotatable bonds is 7. The molecule has 0 saturated heterocycles. The molecule has 0 saturated carbocycles. The van der Waals surface area contributed by atoms with Crippen molar-refractivity contribution in [2.45, 2.75) is 13.0 Å². The minimum atomic E-state index is -0.317. The highest BCUT2D eigenvalue weighted by Gasteiger charge is 2.14. The van der Waals surface area contributed by atoms with Crippen molar-refractivity contribution in [2.24, 2.45) is 0 Å². The van der Waals surface area contributed by atoms with E-state index in [0.717, 1.165) is 22.4 Å². The van der Waals surface area contributed by atoms with E-state index in [4.69, 9.17) is 10.5 Å². The van der Waals surface area contributed by atoms with E-state index in [9.17, 15) is 4.79 Å². The van der Waals surface area contributed by atoms with Crippen LogP contribution >= 0.6 is 0 Å². The Balaban J connectivity index is 1.50. The predicted molar refractivity (Wildman–Crippen MR) is 136 cm³/mol. The first kappa shape index (κ1) is 22.8. The fourth-order valence-corrected chi connectivity index (χ4v) is 3.50. The van der Waals surface area contributed by atoms with Crippen molar-refractivity contribution in [3.63, 3.8) is 0 Å². The number of carbonyl (C=O) groups is 1. The van der Waals surface area contributed by atoms with Crippen molar-refractivity contribution in [1.82, 2.24) is 9.97 Å². The Morgan fingerprint density at radius 1 is 1.00 bits per heavy atom. The van der Waals surface area contributed by atoms with Crippen molar-refractivity contribution in [3.05, 3.63) is 96.4 Å². The Kier molecular flexibility index (Phi) is 6.73. The van der Waals surface area contributed by atoms with E-state index in [1.165, 1.54) is 0 Å². The summed E-state index contributed by atoms with van der Waals surface area (Å²) >= 11 is 0. The Morgan fingerprint density at radius 3 is 2.59 bits per heavy atom. The second-order valence-corrected chi connectivity index (χ2v) is 8.13. The molecule has 0 bridgehead atoms. The van der Waals surface area contributed by atoms with Gasteiger partial charge < -0.3 is 20.7 Å². The van der Waals surface area contributed by atoms with Gasteiger partial charge in [0, 0.05) is 60.8 Å². The van der Waals surface area contributed by atoms with E-state index < -0.39 is 0 Å². The van der Waals surface area contributed by atoms with Gasteiger partial charge in [0.25, 0.3) is 5.91 Å². The van der Waals surface area contributed by atoms with Crippen LogP contribution < -0.4 is 20.7 Å². The average Bonchev–Trinajstić information content (AvgIpc) is 2.86. The molecule has 1 amide bonds. The normalized spacial score (nSPS) is 11.5. The van der Waals surface area contributed by atoms with Gasteiger partial charge in [-0.1, -0.05) is 24.3 Å². The van der Waals surface area contributed by atoms with Crippen LogP contribution in [0.5, 0.6) is 5.75 Å². The Bertz CT molecular complexity index is 1290. The van der Waals surface area contributed by atoms with Gasteiger partial charge in [0.05, 0.1) is 0 Å². The summed E-state index contributed by atoms with van der Waals surface area (Å²) in [4.78, 5) is 23.2. The number of amides is 1. The van der Waals surface area contributed by atoms with E-state index in [1.54, 1.807) is 24.7 Å². The summed E-state index contributed by atoms with van der Waals surface area (Å²) in [6.07, 6.45) is 4.87. The third-order valence-electron chi connectivity index (χ3n) is 5.42. The first-order valence-electron chi connectivity index (χ1n) is 10.9. The van der Waals surface area contributed by atoms with Crippen LogP contribution in [0.15, 0.2) is 85.3 Å². The molecule has 2 aromatic carbocycles. The number of nitrogens with zero attached hydrogens (tertiary/aromatic N) is 3. The number of aromatic nitrogens is 2. The van der Waals surface area contributed by atoms with Crippen LogP contribution in [-0.4, -0.2) is 30.0 Å². The standard InChI is InChI=1S/C27H27N5O2/c1-18(34-25-15-22(17-30-26(25)28)21-9-6-12-29-16-21)19-7-4-10-23(13-19)31-27(33)20-8-5-11-24(14-20)32(2)3/h4-18H,1-3H3,(H2,28,30)(H,31,33)/t18-/m1/s1. The highest BCUT2D eigenvalue weighted by molar-refractivity contribution is 6.04. The summed E-state index contributed by atoms with van der Waals surface area (Å²) < 4.78 is 6.15. The van der Waals surface area contributed by atoms with Crippen LogP contribution in [0.4, 0.5) is 17.2 Å². The first-order valence-corrected chi connectivity index (χ1v) is 10.9. The van der Waals surface area contributed by atoms with Crippen molar-refractivity contribution in [3.8, 4) is 16.9 Å². The molecule has 2 heterocycles. The number of nitrogens with one attached hydrogen (secondary N) is 1. The summed E-state index contributed by atoms with van der Waals surface area (Å²) in [7, 11) is 3.88. The molecule has 34 heavy (non-hydrogen) atoms. The van der Waals surface area contributed by atoms with Crippen LogP contribution in [0, 0.1) is 0 Å². The number of nitrogen functional groups attached to an aromatic ring is 1. The fourth-order valence-electron chi connectivity index (χ4n) is 3.50. The smallest absolute Gasteiger partial charge is 0.255 e. The molecule has 4 rings (SSSR count). The zero-order valence-electron chi connectivity index (χ0n) is 19.4. The van der Waals surface area contributed by atoms with E-state index >= 15 is 0 Å². The first-order chi connectivity index (χ1) is 16.4. The maximum atomic E-state index is 12.8. The lowest BCUT2D eigenvalue weighted by Gasteiger charge is -2.18. The van der Waals surface area contributed by atoms with Crippen molar-refractivity contribution >= 4 is 23.1 Å². The van der Waals surface area contributed by atoms with Gasteiger partial charge in [-0.25, -0.2) is 4.98 Å². The zero-order valence-corrected chi connectivity index (χ0v) is 19.4. The van der Waals surface area contributed by atoms with Gasteiger partial charge in [-0.15, -0.1) is 0 Å². The van der Waals surface area contributed by atoms with Crippen LogP contribution in [0.1, 0.15) is 28.9 Å². The maximum absolute atomic E-state index is 12.8. The van der Waals surface area contributed by atoms with E-state index in [0.29, 0.717) is 22.8 Å². The molecule has 0 unspecified atom stereocenters. The molecule has 0 aliphatic carbocycles. The van der Waals surface area contributed by atoms with Gasteiger partial charge >= 0.3 is 0 Å². The van der Waals surface area contributed by atoms with Crippen LogP contribution in [0.2, 0.25) is 0 Å². The second-order valence-electron chi connectivity index (χ2n) is 8.13. The van der Waals surface area contributed by atoms with Crippen LogP contribution in [0.3, 0.4) is 0 Å². The number of carbonyl (C=O) groups excluding carboxylic acids is 1. The lowest BCUT2D eigenvalue weighted by atomic mass is 10.1. The van der Waals surface area contributed by atoms with Crippen molar-refractivity contribution in [1.29, 1.82) is 0 Å². The SMILES string of the molecule is C[C@@H](Oc1cc(-c2cccnc2)cnc1N)c1cccc(NC(=O)c2cccc(N(C)C)c2)c1. The summed E-state index contributed by atoms with van der Waals surface area (Å²) in [5.74, 6) is 0.626. The van der Waals surface area contributed by atoms with Gasteiger partial charge in [-0.2, -0.15) is 0 Å². The summed E-state index contributed by atoms with van der Waals surface area (Å²) in [6, 6.07) is 20.7. The van der Waals surface area contributed by atoms with E-state index in [1.807, 2.05) is 86.6 Å². The Hall–Kier alpha value is -4.39. The molecule has 0 spiro atoms. The number of benzene rings is 2. The van der Waals surface area contributed by atoms with Gasteiger partial charge in [-0.3, -0.25) is 9.78 Å². The fraction of sp³-hybridized carbons (Fsp3) is 0.148. The summed E-state index contributed by atoms with van der Waals surface area (Å²) in [5.41, 5.74) is 11.0. The molecule has 4 aromatic rings. The number of hydrogen-bond donors (Lipinski definition) is 2. The van der Waals surface area contributed by atoms with Gasteiger partial charge in [-0.05, 0) is 55.0 Å². The molecule has 7 heteroatoms. The zero-order chi connectivity index (χ0) is 24.1. The number of anilines is 3. The molecule has 0 aliphatic heterocycles. The van der Waals surface area contributed by atoms with Crippen molar-refractivity contribution < 1.29 is 9.53 Å². The Labute approximate surface area is 199 Å². The molecule has 0 radical (unpaired) electrons. The molecule has 0 fully saturated rings. The second kappa shape index (κ2) is 10.0. The number of hydrogen-bond acceptors (Lipinski definition) is 6. The van der Waals surface area contributed by atoms with E-state index in [2.05, 4.69) is 15.3 Å². The summed E-state index contributed by atoms with van der Waals surface area (Å²) in [5, 5.41) is 2.97. The van der Waals surface area contributed by atoms with Gasteiger partial charge in [0.15, 0.2) is 11.6 Å². The Morgan fingerprint density at radius 2 is 1.82 bits per heavy atom. The maximum Gasteiger partial charge on any atom is 0.255 e. The largest absolute Gasteiger partial charge is 0.482 e. The molecule has 1 atom stereocenters. The molecule has 3 N–H and O–H groups in total. The molecular formula is C27H27N5O2. The van der Waals surface area contributed by atoms with Gasteiger partial charge in [0.2, 0.25) is 0 Å². The molecule has 172 valence electrons. The quantitative estimate of drug-likeness (QED) is 0.400.